The third-order valence-corrected chi connectivity index (χ3v) is 3.81. The molecule has 1 atom stereocenters. The summed E-state index contributed by atoms with van der Waals surface area (Å²) in [6.07, 6.45) is 0. The highest BCUT2D eigenvalue weighted by Gasteiger charge is 2.27. The van der Waals surface area contributed by atoms with Gasteiger partial charge in [-0.05, 0) is 12.1 Å². The molecule has 0 fully saturated rings. The Hall–Kier alpha value is -2.01. The predicted molar refractivity (Wildman–Crippen MR) is 68.4 cm³/mol. The second kappa shape index (κ2) is 4.34. The van der Waals surface area contributed by atoms with Gasteiger partial charge in [0.2, 0.25) is 0 Å². The molecule has 0 aromatic heterocycles. The number of rotatable bonds is 1. The van der Waals surface area contributed by atoms with Gasteiger partial charge in [-0.3, -0.25) is 0 Å². The highest BCUT2D eigenvalue weighted by atomic mass is 32.2. The summed E-state index contributed by atoms with van der Waals surface area (Å²) >= 11 is 0. The molecule has 1 unspecified atom stereocenters. The second-order valence-electron chi connectivity index (χ2n) is 3.76. The molecular weight excluding hydrogens is 251 g/mol. The summed E-state index contributed by atoms with van der Waals surface area (Å²) < 4.78 is 26.2. The number of benzene rings is 2. The van der Waals surface area contributed by atoms with Gasteiger partial charge < -0.3 is 0 Å². The van der Waals surface area contributed by atoms with Crippen molar-refractivity contribution in [1.29, 1.82) is 0 Å². The van der Waals surface area contributed by atoms with Crippen molar-refractivity contribution < 1.29 is 8.69 Å². The minimum absolute atomic E-state index is 0.0765. The van der Waals surface area contributed by atoms with Gasteiger partial charge in [0.1, 0.15) is 0 Å². The van der Waals surface area contributed by atoms with Gasteiger partial charge in [-0.1, -0.05) is 46.9 Å². The van der Waals surface area contributed by atoms with Crippen LogP contribution in [0, 0.1) is 0 Å². The van der Waals surface area contributed by atoms with Crippen molar-refractivity contribution in [2.45, 2.75) is 4.90 Å². The first kappa shape index (κ1) is 11.1. The maximum atomic E-state index is 14.0. The molecule has 1 heterocycles. The molecule has 2 aromatic rings. The maximum Gasteiger partial charge on any atom is 0.185 e. The van der Waals surface area contributed by atoms with Crippen molar-refractivity contribution in [3.8, 4) is 0 Å². The molecule has 0 amide bonds. The van der Waals surface area contributed by atoms with Crippen LogP contribution in [0.15, 0.2) is 64.5 Å². The summed E-state index contributed by atoms with van der Waals surface area (Å²) in [6.45, 7) is 0. The largest absolute Gasteiger partial charge is 0.229 e. The lowest BCUT2D eigenvalue weighted by molar-refractivity contribution is 0.251. The van der Waals surface area contributed by atoms with Crippen molar-refractivity contribution in [3.05, 3.63) is 60.2 Å². The molecule has 3 rings (SSSR count). The van der Waals surface area contributed by atoms with E-state index in [0.29, 0.717) is 16.1 Å². The smallest absolute Gasteiger partial charge is 0.185 e. The Morgan fingerprint density at radius 2 is 1.67 bits per heavy atom. The molecule has 3 nitrogen and oxygen atoms in total. The average Bonchev–Trinajstić information content (AvgIpc) is 2.44. The molecule has 1 aliphatic heterocycles. The van der Waals surface area contributed by atoms with E-state index in [1.807, 2.05) is 6.07 Å². The fourth-order valence-corrected chi connectivity index (χ4v) is 2.73. The molecule has 1 aliphatic rings. The Kier molecular flexibility index (Phi) is 2.68. The highest BCUT2D eigenvalue weighted by Crippen LogP contribution is 2.31. The molecule has 0 bridgehead atoms. The minimum atomic E-state index is -1.85. The van der Waals surface area contributed by atoms with Crippen molar-refractivity contribution in [3.63, 3.8) is 0 Å². The van der Waals surface area contributed by atoms with Gasteiger partial charge in [0.15, 0.2) is 16.8 Å². The third kappa shape index (κ3) is 1.73. The summed E-state index contributed by atoms with van der Waals surface area (Å²) in [7, 11) is -1.85. The van der Waals surface area contributed by atoms with Crippen LogP contribution in [-0.2, 0) is 11.0 Å². The first-order chi connectivity index (χ1) is 8.77. The zero-order valence-corrected chi connectivity index (χ0v) is 10.1. The molecule has 18 heavy (non-hydrogen) atoms. The lowest BCUT2D eigenvalue weighted by atomic mass is 10.2. The molecule has 0 aliphatic carbocycles. The van der Waals surface area contributed by atoms with Gasteiger partial charge in [0, 0.05) is 5.56 Å². The zero-order valence-electron chi connectivity index (χ0n) is 9.29. The molecule has 2 aromatic carbocycles. The van der Waals surface area contributed by atoms with Gasteiger partial charge >= 0.3 is 0 Å². The van der Waals surface area contributed by atoms with E-state index in [1.165, 1.54) is 0 Å². The monoisotopic (exact) mass is 260 g/mol. The van der Waals surface area contributed by atoms with Crippen molar-refractivity contribution in [2.24, 2.45) is 4.99 Å². The standard InChI is InChI=1S/C13H9FN2OS/c14-16-13(10-6-2-1-3-7-10)15-11-8-4-5-9-12(11)18(16)17/h1-9H. The van der Waals surface area contributed by atoms with Gasteiger partial charge in [-0.15, -0.1) is 4.53 Å². The topological polar surface area (TPSA) is 32.7 Å². The number of nitrogens with zero attached hydrogens (tertiary/aromatic N) is 2. The summed E-state index contributed by atoms with van der Waals surface area (Å²) in [4.78, 5) is 4.61. The van der Waals surface area contributed by atoms with Crippen LogP contribution in [0.4, 0.5) is 10.2 Å². The number of hydrogen-bond acceptors (Lipinski definition) is 2. The average molecular weight is 260 g/mol. The summed E-state index contributed by atoms with van der Waals surface area (Å²) in [6, 6.07) is 15.7. The van der Waals surface area contributed by atoms with Crippen LogP contribution in [0.25, 0.3) is 0 Å². The predicted octanol–water partition coefficient (Wildman–Crippen LogP) is 2.99. The van der Waals surface area contributed by atoms with Crippen LogP contribution >= 0.6 is 0 Å². The second-order valence-corrected chi connectivity index (χ2v) is 5.02. The third-order valence-electron chi connectivity index (χ3n) is 2.62. The first-order valence-corrected chi connectivity index (χ1v) is 6.49. The van der Waals surface area contributed by atoms with E-state index in [9.17, 15) is 8.69 Å². The SMILES string of the molecule is O=S1c2ccccc2N=C(c2ccccc2)N1F. The normalized spacial score (nSPS) is 18.2. The highest BCUT2D eigenvalue weighted by molar-refractivity contribution is 7.83. The fraction of sp³-hybridized carbons (Fsp3) is 0. The van der Waals surface area contributed by atoms with E-state index in [2.05, 4.69) is 4.99 Å². The molecule has 5 heteroatoms. The summed E-state index contributed by atoms with van der Waals surface area (Å²) in [5, 5.41) is 0. The number of halogens is 1. The van der Waals surface area contributed by atoms with E-state index in [0.717, 1.165) is 0 Å². The van der Waals surface area contributed by atoms with Gasteiger partial charge in [0.25, 0.3) is 0 Å². The number of aliphatic imine (C=N–C) groups is 1. The van der Waals surface area contributed by atoms with Crippen LogP contribution in [0.5, 0.6) is 0 Å². The molecule has 0 saturated heterocycles. The summed E-state index contributed by atoms with van der Waals surface area (Å²) in [5.41, 5.74) is 1.14. The lowest BCUT2D eigenvalue weighted by Gasteiger charge is -2.20. The van der Waals surface area contributed by atoms with Gasteiger partial charge in [-0.2, -0.15) is 0 Å². The molecule has 90 valence electrons. The molecule has 0 spiro atoms. The van der Waals surface area contributed by atoms with Crippen LogP contribution in [0.2, 0.25) is 0 Å². The van der Waals surface area contributed by atoms with Gasteiger partial charge in [0.05, 0.1) is 10.6 Å². The van der Waals surface area contributed by atoms with E-state index in [-0.39, 0.29) is 10.4 Å². The van der Waals surface area contributed by atoms with Crippen LogP contribution in [-0.4, -0.2) is 14.6 Å². The Balaban J connectivity index is 2.17. The molecule has 0 N–H and O–H groups in total. The van der Waals surface area contributed by atoms with E-state index in [4.69, 9.17) is 0 Å². The Morgan fingerprint density at radius 3 is 2.44 bits per heavy atom. The van der Waals surface area contributed by atoms with Crippen LogP contribution in [0.3, 0.4) is 0 Å². The fourth-order valence-electron chi connectivity index (χ4n) is 1.77. The van der Waals surface area contributed by atoms with E-state index in [1.54, 1.807) is 48.5 Å². The number of hydrogen-bond donors (Lipinski definition) is 0. The Morgan fingerprint density at radius 1 is 1.00 bits per heavy atom. The van der Waals surface area contributed by atoms with Crippen LogP contribution < -0.4 is 0 Å². The molecular formula is C13H9FN2OS. The van der Waals surface area contributed by atoms with Gasteiger partial charge in [-0.25, -0.2) is 9.20 Å². The zero-order chi connectivity index (χ0) is 12.5. The maximum absolute atomic E-state index is 14.0. The number of para-hydroxylation sites is 1. The van der Waals surface area contributed by atoms with Crippen molar-refractivity contribution >= 4 is 22.5 Å². The van der Waals surface area contributed by atoms with Crippen molar-refractivity contribution in [2.75, 3.05) is 0 Å². The molecule has 0 saturated carbocycles. The minimum Gasteiger partial charge on any atom is -0.229 e. The Bertz CT molecular complexity index is 642. The van der Waals surface area contributed by atoms with E-state index >= 15 is 0 Å². The number of amidine groups is 1. The summed E-state index contributed by atoms with van der Waals surface area (Å²) in [5.74, 6) is 0.0765. The van der Waals surface area contributed by atoms with E-state index < -0.39 is 11.0 Å². The molecule has 0 radical (unpaired) electrons. The van der Waals surface area contributed by atoms with Crippen molar-refractivity contribution in [1.82, 2.24) is 4.53 Å². The Labute approximate surface area is 106 Å². The van der Waals surface area contributed by atoms with Crippen LogP contribution in [0.1, 0.15) is 5.56 Å². The number of fused-ring (bicyclic) bond motifs is 1. The quantitative estimate of drug-likeness (QED) is 0.725. The first-order valence-electron chi connectivity index (χ1n) is 5.38. The lowest BCUT2D eigenvalue weighted by Crippen LogP contribution is -2.28.